The molecule has 4 atom stereocenters. The molecule has 182 valence electrons. The lowest BCUT2D eigenvalue weighted by molar-refractivity contribution is -0.384. The van der Waals surface area contributed by atoms with Crippen molar-refractivity contribution in [1.82, 2.24) is 10.2 Å². The number of hydrogen-bond acceptors (Lipinski definition) is 8. The average Bonchev–Trinajstić information content (AvgIpc) is 2.85. The zero-order valence-electron chi connectivity index (χ0n) is 18.3. The van der Waals surface area contributed by atoms with Crippen LogP contribution in [0.1, 0.15) is 5.56 Å². The van der Waals surface area contributed by atoms with Gasteiger partial charge in [-0.05, 0) is 35.4 Å². The predicted molar refractivity (Wildman–Crippen MR) is 123 cm³/mol. The van der Waals surface area contributed by atoms with E-state index in [0.29, 0.717) is 11.3 Å². The first-order chi connectivity index (χ1) is 16.8. The van der Waals surface area contributed by atoms with Gasteiger partial charge in [-0.2, -0.15) is 0 Å². The first kappa shape index (κ1) is 24.1. The van der Waals surface area contributed by atoms with Crippen LogP contribution < -0.4 is 10.1 Å². The number of rotatable bonds is 8. The van der Waals surface area contributed by atoms with Crippen LogP contribution in [-0.4, -0.2) is 61.6 Å². The fourth-order valence-electron chi connectivity index (χ4n) is 3.82. The van der Waals surface area contributed by atoms with E-state index in [1.165, 1.54) is 24.3 Å². The van der Waals surface area contributed by atoms with Crippen LogP contribution >= 0.6 is 0 Å². The zero-order chi connectivity index (χ0) is 25.1. The Labute approximate surface area is 202 Å². The summed E-state index contributed by atoms with van der Waals surface area (Å²) in [5, 5.41) is 12.4. The van der Waals surface area contributed by atoms with Crippen molar-refractivity contribution in [3.05, 3.63) is 82.4 Å². The fraction of sp³-hybridized carbons (Fsp3) is 0.261. The molecule has 4 rings (SSSR count). The third-order valence-electron chi connectivity index (χ3n) is 5.52. The lowest BCUT2D eigenvalue weighted by Gasteiger charge is -2.52. The second-order valence-corrected chi connectivity index (χ2v) is 9.43. The van der Waals surface area contributed by atoms with Crippen LogP contribution in [0.2, 0.25) is 0 Å². The number of nitrogens with one attached hydrogen (secondary N) is 1. The van der Waals surface area contributed by atoms with Crippen LogP contribution in [0.5, 0.6) is 5.75 Å². The highest BCUT2D eigenvalue weighted by Crippen LogP contribution is 2.34. The third-order valence-corrected chi connectivity index (χ3v) is 7.22. The molecule has 35 heavy (non-hydrogen) atoms. The monoisotopic (exact) mass is 499 g/mol. The van der Waals surface area contributed by atoms with Crippen LogP contribution in [0.25, 0.3) is 0 Å². The van der Waals surface area contributed by atoms with E-state index in [2.05, 4.69) is 11.9 Å². The Bertz CT molecular complexity index is 1200. The average molecular weight is 500 g/mol. The van der Waals surface area contributed by atoms with E-state index in [4.69, 9.17) is 9.47 Å². The van der Waals surface area contributed by atoms with E-state index in [-0.39, 0.29) is 30.2 Å². The largest absolute Gasteiger partial charge is 0.484 e. The van der Waals surface area contributed by atoms with Gasteiger partial charge in [-0.3, -0.25) is 23.9 Å². The molecule has 2 aromatic carbocycles. The van der Waals surface area contributed by atoms with Crippen molar-refractivity contribution in [2.24, 2.45) is 0 Å². The summed E-state index contributed by atoms with van der Waals surface area (Å²) in [4.78, 5) is 49.2. The molecule has 2 fully saturated rings. The summed E-state index contributed by atoms with van der Waals surface area (Å²) in [5.74, 6) is -1.45. The van der Waals surface area contributed by atoms with Gasteiger partial charge in [0, 0.05) is 17.9 Å². The van der Waals surface area contributed by atoms with Crippen molar-refractivity contribution < 1.29 is 33.0 Å². The van der Waals surface area contributed by atoms with Crippen molar-refractivity contribution >= 4 is 34.3 Å². The summed E-state index contributed by atoms with van der Waals surface area (Å²) in [6, 6.07) is 11.9. The topological polar surface area (TPSA) is 145 Å². The van der Waals surface area contributed by atoms with Gasteiger partial charge < -0.3 is 19.7 Å². The summed E-state index contributed by atoms with van der Waals surface area (Å²) in [7, 11) is -1.57. The highest BCUT2D eigenvalue weighted by atomic mass is 32.2. The predicted octanol–water partition coefficient (Wildman–Crippen LogP) is 1.06. The maximum atomic E-state index is 12.8. The summed E-state index contributed by atoms with van der Waals surface area (Å²) < 4.78 is 23.4. The Balaban J connectivity index is 1.36. The van der Waals surface area contributed by atoms with Crippen LogP contribution in [0.3, 0.4) is 0 Å². The quantitative estimate of drug-likeness (QED) is 0.187. The highest BCUT2D eigenvalue weighted by molar-refractivity contribution is 7.86. The minimum Gasteiger partial charge on any atom is -0.484 e. The van der Waals surface area contributed by atoms with Gasteiger partial charge in [0.25, 0.3) is 11.6 Å². The number of nitro groups is 1. The minimum atomic E-state index is -1.57. The molecule has 12 heteroatoms. The maximum Gasteiger partial charge on any atom is 0.333 e. The summed E-state index contributed by atoms with van der Waals surface area (Å²) in [5.41, 5.74) is 0.683. The number of benzene rings is 2. The molecule has 0 saturated carbocycles. The van der Waals surface area contributed by atoms with Crippen molar-refractivity contribution in [3.8, 4) is 5.75 Å². The van der Waals surface area contributed by atoms with E-state index in [0.717, 1.165) is 4.90 Å². The molecule has 2 aliphatic rings. The summed E-state index contributed by atoms with van der Waals surface area (Å²) in [6.45, 7) is 3.28. The molecule has 0 radical (unpaired) electrons. The Morgan fingerprint density at radius 1 is 1.17 bits per heavy atom. The molecule has 2 heterocycles. The molecular weight excluding hydrogens is 478 g/mol. The standard InChI is InChI=1S/C23H21N3O8S/c1-14-13-35(32)22-19(24-18(27)12-33-17-5-3-2-4-6-17)21(28)25(22)20(14)23(29)34-11-15-7-9-16(10-8-15)26(30)31/h2-10,19-20,22H,1,11-13H2,(H,24,27)/t19-,20-,22-,35+/m0/s1. The zero-order valence-corrected chi connectivity index (χ0v) is 19.1. The molecule has 2 saturated heterocycles. The molecule has 0 bridgehead atoms. The summed E-state index contributed by atoms with van der Waals surface area (Å²) >= 11 is 0. The van der Waals surface area contributed by atoms with Crippen molar-refractivity contribution in [2.75, 3.05) is 12.4 Å². The highest BCUT2D eigenvalue weighted by Gasteiger charge is 2.59. The van der Waals surface area contributed by atoms with Gasteiger partial charge in [0.1, 0.15) is 23.8 Å². The molecule has 0 aromatic heterocycles. The Morgan fingerprint density at radius 3 is 2.51 bits per heavy atom. The second kappa shape index (κ2) is 10.1. The van der Waals surface area contributed by atoms with E-state index < -0.39 is 51.0 Å². The first-order valence-corrected chi connectivity index (χ1v) is 11.9. The lowest BCUT2D eigenvalue weighted by atomic mass is 9.98. The van der Waals surface area contributed by atoms with Crippen LogP contribution in [0.4, 0.5) is 5.69 Å². The summed E-state index contributed by atoms with van der Waals surface area (Å²) in [6.07, 6.45) is 0. The van der Waals surface area contributed by atoms with Crippen LogP contribution in [0, 0.1) is 10.1 Å². The van der Waals surface area contributed by atoms with E-state index in [1.54, 1.807) is 30.3 Å². The SMILES string of the molecule is C=C1C[S@@](=O)[C@H]2[C@@H](NC(=O)COc3ccccc3)C(=O)N2[C@@H]1C(=O)OCc1ccc([N+](=O)[O-])cc1. The van der Waals surface area contributed by atoms with Crippen molar-refractivity contribution in [2.45, 2.75) is 24.1 Å². The maximum absolute atomic E-state index is 12.8. The molecule has 11 nitrogen and oxygen atoms in total. The number of carbonyl (C=O) groups is 3. The number of fused-ring (bicyclic) bond motifs is 1. The number of nitrogens with zero attached hydrogens (tertiary/aromatic N) is 2. The Hall–Kier alpha value is -4.06. The molecule has 0 aliphatic carbocycles. The lowest BCUT2D eigenvalue weighted by Crippen LogP contribution is -2.77. The minimum absolute atomic E-state index is 0.0291. The molecule has 2 aromatic rings. The van der Waals surface area contributed by atoms with Crippen LogP contribution in [0.15, 0.2) is 66.7 Å². The number of hydrogen-bond donors (Lipinski definition) is 1. The Kier molecular flexibility index (Phi) is 6.92. The van der Waals surface area contributed by atoms with Gasteiger partial charge in [-0.1, -0.05) is 24.8 Å². The molecule has 2 aliphatic heterocycles. The molecule has 1 N–H and O–H groups in total. The second-order valence-electron chi connectivity index (χ2n) is 7.90. The van der Waals surface area contributed by atoms with Gasteiger partial charge >= 0.3 is 5.97 Å². The number of ether oxygens (including phenoxy) is 2. The van der Waals surface area contributed by atoms with Gasteiger partial charge in [-0.15, -0.1) is 0 Å². The van der Waals surface area contributed by atoms with Gasteiger partial charge in [-0.25, -0.2) is 4.79 Å². The number of non-ortho nitro benzene ring substituents is 1. The third kappa shape index (κ3) is 5.06. The number of para-hydroxylation sites is 1. The smallest absolute Gasteiger partial charge is 0.333 e. The fourth-order valence-corrected chi connectivity index (χ4v) is 5.49. The van der Waals surface area contributed by atoms with E-state index in [9.17, 15) is 28.7 Å². The van der Waals surface area contributed by atoms with Gasteiger partial charge in [0.05, 0.1) is 15.7 Å². The molecule has 2 amide bonds. The number of nitro benzene ring substituents is 1. The van der Waals surface area contributed by atoms with Gasteiger partial charge in [0.15, 0.2) is 12.6 Å². The van der Waals surface area contributed by atoms with Crippen LogP contribution in [-0.2, 0) is 36.5 Å². The van der Waals surface area contributed by atoms with E-state index >= 15 is 0 Å². The van der Waals surface area contributed by atoms with E-state index in [1.807, 2.05) is 0 Å². The molecule has 0 unspecified atom stereocenters. The first-order valence-electron chi connectivity index (χ1n) is 10.5. The van der Waals surface area contributed by atoms with Crippen molar-refractivity contribution in [1.29, 1.82) is 0 Å². The molecular formula is C23H21N3O8S. The van der Waals surface area contributed by atoms with Crippen molar-refractivity contribution in [3.63, 3.8) is 0 Å². The number of carbonyl (C=O) groups excluding carboxylic acids is 3. The van der Waals surface area contributed by atoms with Gasteiger partial charge in [0.2, 0.25) is 5.91 Å². The normalized spacial score (nSPS) is 23.0. The number of esters is 1. The molecule has 0 spiro atoms. The number of amides is 2. The Morgan fingerprint density at radius 2 is 1.86 bits per heavy atom. The number of β-lactam (4-membered cyclic amide) rings is 1.